The third kappa shape index (κ3) is 3.54. The number of benzene rings is 2. The van der Waals surface area contributed by atoms with E-state index in [1.54, 1.807) is 12.1 Å². The fraction of sp³-hybridized carbons (Fsp3) is 0. The van der Waals surface area contributed by atoms with Crippen LogP contribution in [-0.4, -0.2) is 21.2 Å². The van der Waals surface area contributed by atoms with Crippen molar-refractivity contribution < 1.29 is 15.0 Å². The van der Waals surface area contributed by atoms with Crippen LogP contribution in [0.4, 0.5) is 17.1 Å². The maximum Gasteiger partial charge on any atom is 0.301 e. The van der Waals surface area contributed by atoms with Gasteiger partial charge in [0.2, 0.25) is 0 Å². The van der Waals surface area contributed by atoms with Crippen molar-refractivity contribution in [3.05, 3.63) is 68.3 Å². The summed E-state index contributed by atoms with van der Waals surface area (Å²) in [6, 6.07) is 9.43. The maximum atomic E-state index is 10.9. The van der Waals surface area contributed by atoms with E-state index in [1.165, 1.54) is 24.4 Å². The Labute approximate surface area is 123 Å². The molecule has 0 aromatic heterocycles. The molecule has 2 aromatic carbocycles. The van der Waals surface area contributed by atoms with Gasteiger partial charge in [-0.05, 0) is 23.8 Å². The zero-order chi connectivity index (χ0) is 16.1. The topological polar surface area (TPSA) is 131 Å². The van der Waals surface area contributed by atoms with Crippen molar-refractivity contribution in [1.29, 1.82) is 0 Å². The lowest BCUT2D eigenvalue weighted by Gasteiger charge is -2.02. The molecular weight excluding hydrogens is 292 g/mol. The molecule has 2 aromatic rings. The molecule has 9 nitrogen and oxygen atoms in total. The lowest BCUT2D eigenvalue weighted by atomic mass is 10.2. The van der Waals surface area contributed by atoms with E-state index in [1.807, 2.05) is 0 Å². The number of anilines is 1. The Morgan fingerprint density at radius 3 is 2.50 bits per heavy atom. The molecule has 0 saturated heterocycles. The number of nitrogens with zero attached hydrogens (tertiary/aromatic N) is 3. The first-order valence-corrected chi connectivity index (χ1v) is 5.98. The lowest BCUT2D eigenvalue weighted by molar-refractivity contribution is -0.393. The molecule has 2 rings (SSSR count). The molecule has 0 fully saturated rings. The molecule has 9 heteroatoms. The van der Waals surface area contributed by atoms with Gasteiger partial charge in [0.25, 0.3) is 5.69 Å². The Morgan fingerprint density at radius 1 is 1.09 bits per heavy atom. The number of nitrogens with one attached hydrogen (secondary N) is 1. The molecule has 112 valence electrons. The van der Waals surface area contributed by atoms with Gasteiger partial charge in [-0.15, -0.1) is 0 Å². The summed E-state index contributed by atoms with van der Waals surface area (Å²) in [6.45, 7) is 0. The minimum atomic E-state index is -0.737. The van der Waals surface area contributed by atoms with Crippen molar-refractivity contribution in [1.82, 2.24) is 0 Å². The van der Waals surface area contributed by atoms with Gasteiger partial charge in [0.05, 0.1) is 22.1 Å². The first-order chi connectivity index (χ1) is 10.5. The van der Waals surface area contributed by atoms with E-state index in [9.17, 15) is 25.3 Å². The van der Waals surface area contributed by atoms with Gasteiger partial charge in [-0.25, -0.2) is 0 Å². The van der Waals surface area contributed by atoms with Crippen molar-refractivity contribution in [3.63, 3.8) is 0 Å². The molecule has 0 bridgehead atoms. The zero-order valence-electron chi connectivity index (χ0n) is 11.0. The highest BCUT2D eigenvalue weighted by Crippen LogP contribution is 2.28. The second-order valence-electron chi connectivity index (χ2n) is 4.18. The standard InChI is InChI=1S/C13H10N4O5/c18-11-3-1-2-9(6-11)8-14-15-12-5-4-10(16(19)20)7-13(12)17(21)22/h1-8,15,18H. The number of phenols is 1. The lowest BCUT2D eigenvalue weighted by Crippen LogP contribution is -1.98. The number of nitro groups is 2. The van der Waals surface area contributed by atoms with Crippen LogP contribution in [0.3, 0.4) is 0 Å². The molecular formula is C13H10N4O5. The summed E-state index contributed by atoms with van der Waals surface area (Å²) in [4.78, 5) is 20.1. The van der Waals surface area contributed by atoms with Crippen LogP contribution >= 0.6 is 0 Å². The molecule has 0 aliphatic heterocycles. The summed E-state index contributed by atoms with van der Waals surface area (Å²) in [5.41, 5.74) is 2.22. The monoisotopic (exact) mass is 302 g/mol. The van der Waals surface area contributed by atoms with Crippen LogP contribution < -0.4 is 5.43 Å². The van der Waals surface area contributed by atoms with E-state index in [4.69, 9.17) is 0 Å². The van der Waals surface area contributed by atoms with E-state index < -0.39 is 15.5 Å². The van der Waals surface area contributed by atoms with Gasteiger partial charge in [0, 0.05) is 6.07 Å². The Kier molecular flexibility index (Phi) is 4.27. The molecule has 0 aliphatic rings. The fourth-order valence-electron chi connectivity index (χ4n) is 1.66. The number of aromatic hydroxyl groups is 1. The Hall–Kier alpha value is -3.49. The number of phenolic OH excluding ortho intramolecular Hbond substituents is 1. The molecule has 0 atom stereocenters. The first-order valence-electron chi connectivity index (χ1n) is 5.98. The predicted molar refractivity (Wildman–Crippen MR) is 79.1 cm³/mol. The smallest absolute Gasteiger partial charge is 0.301 e. The van der Waals surface area contributed by atoms with Crippen LogP contribution in [0.25, 0.3) is 0 Å². The molecule has 2 N–H and O–H groups in total. The third-order valence-corrected chi connectivity index (χ3v) is 2.66. The average Bonchev–Trinajstić information content (AvgIpc) is 2.47. The third-order valence-electron chi connectivity index (χ3n) is 2.66. The van der Waals surface area contributed by atoms with Gasteiger partial charge in [-0.2, -0.15) is 5.10 Å². The molecule has 0 amide bonds. The summed E-state index contributed by atoms with van der Waals surface area (Å²) in [7, 11) is 0. The van der Waals surface area contributed by atoms with Crippen molar-refractivity contribution >= 4 is 23.3 Å². The van der Waals surface area contributed by atoms with Gasteiger partial charge < -0.3 is 5.11 Å². The number of nitro benzene ring substituents is 2. The van der Waals surface area contributed by atoms with Crippen LogP contribution in [0.2, 0.25) is 0 Å². The van der Waals surface area contributed by atoms with Crippen LogP contribution in [0.15, 0.2) is 47.6 Å². The highest BCUT2D eigenvalue weighted by atomic mass is 16.6. The van der Waals surface area contributed by atoms with Gasteiger partial charge in [-0.3, -0.25) is 25.7 Å². The van der Waals surface area contributed by atoms with Crippen molar-refractivity contribution in [2.24, 2.45) is 5.10 Å². The van der Waals surface area contributed by atoms with Crippen molar-refractivity contribution in [2.45, 2.75) is 0 Å². The van der Waals surface area contributed by atoms with Gasteiger partial charge in [-0.1, -0.05) is 12.1 Å². The van der Waals surface area contributed by atoms with Crippen LogP contribution in [0.5, 0.6) is 5.75 Å². The van der Waals surface area contributed by atoms with Gasteiger partial charge in [0.1, 0.15) is 11.4 Å². The van der Waals surface area contributed by atoms with Gasteiger partial charge in [0.15, 0.2) is 0 Å². The zero-order valence-corrected chi connectivity index (χ0v) is 11.0. The largest absolute Gasteiger partial charge is 0.508 e. The normalized spacial score (nSPS) is 10.5. The number of rotatable bonds is 5. The summed E-state index contributed by atoms with van der Waals surface area (Å²) >= 11 is 0. The van der Waals surface area contributed by atoms with E-state index in [0.29, 0.717) is 5.56 Å². The van der Waals surface area contributed by atoms with E-state index in [2.05, 4.69) is 10.5 Å². The SMILES string of the molecule is O=[N+]([O-])c1ccc(NN=Cc2cccc(O)c2)c([N+](=O)[O-])c1. The molecule has 0 aliphatic carbocycles. The second kappa shape index (κ2) is 6.31. The molecule has 0 unspecified atom stereocenters. The fourth-order valence-corrected chi connectivity index (χ4v) is 1.66. The molecule has 0 saturated carbocycles. The Morgan fingerprint density at radius 2 is 1.86 bits per heavy atom. The van der Waals surface area contributed by atoms with Crippen LogP contribution in [-0.2, 0) is 0 Å². The highest BCUT2D eigenvalue weighted by molar-refractivity contribution is 5.81. The van der Waals surface area contributed by atoms with Gasteiger partial charge >= 0.3 is 5.69 Å². The Bertz CT molecular complexity index is 760. The summed E-state index contributed by atoms with van der Waals surface area (Å²) in [5.74, 6) is 0.0604. The summed E-state index contributed by atoms with van der Waals surface area (Å²) < 4.78 is 0. The molecule has 22 heavy (non-hydrogen) atoms. The predicted octanol–water partition coefficient (Wildman–Crippen LogP) is 2.65. The summed E-state index contributed by atoms with van der Waals surface area (Å²) in [6.07, 6.45) is 1.35. The van der Waals surface area contributed by atoms with Crippen molar-refractivity contribution in [2.75, 3.05) is 5.43 Å². The number of hydrazone groups is 1. The minimum Gasteiger partial charge on any atom is -0.508 e. The molecule has 0 heterocycles. The average molecular weight is 302 g/mol. The van der Waals surface area contributed by atoms with Crippen LogP contribution in [0.1, 0.15) is 5.56 Å². The van der Waals surface area contributed by atoms with Crippen molar-refractivity contribution in [3.8, 4) is 5.75 Å². The quantitative estimate of drug-likeness (QED) is 0.496. The second-order valence-corrected chi connectivity index (χ2v) is 4.18. The summed E-state index contributed by atoms with van der Waals surface area (Å²) in [5, 5.41) is 34.7. The molecule has 0 radical (unpaired) electrons. The molecule has 0 spiro atoms. The van der Waals surface area contributed by atoms with E-state index in [0.717, 1.165) is 12.1 Å². The first kappa shape index (κ1) is 14.9. The van der Waals surface area contributed by atoms with E-state index >= 15 is 0 Å². The maximum absolute atomic E-state index is 10.9. The number of hydrogen-bond donors (Lipinski definition) is 2. The minimum absolute atomic E-state index is 0.0204. The van der Waals surface area contributed by atoms with E-state index in [-0.39, 0.29) is 17.1 Å². The number of non-ortho nitro benzene ring substituents is 1. The highest BCUT2D eigenvalue weighted by Gasteiger charge is 2.18. The van der Waals surface area contributed by atoms with Crippen LogP contribution in [0, 0.1) is 20.2 Å². The number of hydrogen-bond acceptors (Lipinski definition) is 7. The Balaban J connectivity index is 2.22.